The lowest BCUT2D eigenvalue weighted by atomic mass is 10.2. The lowest BCUT2D eigenvalue weighted by Crippen LogP contribution is -2.20. The van der Waals surface area contributed by atoms with Crippen LogP contribution in [0.2, 0.25) is 10.0 Å². The number of amides is 2. The van der Waals surface area contributed by atoms with Crippen molar-refractivity contribution in [1.29, 1.82) is 0 Å². The summed E-state index contributed by atoms with van der Waals surface area (Å²) in [5, 5.41) is 6.66. The van der Waals surface area contributed by atoms with Crippen LogP contribution in [0.25, 0.3) is 0 Å². The van der Waals surface area contributed by atoms with Crippen LogP contribution in [0.15, 0.2) is 48.5 Å². The highest BCUT2D eigenvalue weighted by Crippen LogP contribution is 2.40. The van der Waals surface area contributed by atoms with Gasteiger partial charge in [0.1, 0.15) is 0 Å². The van der Waals surface area contributed by atoms with Gasteiger partial charge in [-0.15, -0.1) is 0 Å². The maximum absolute atomic E-state index is 12.2. The first-order valence-corrected chi connectivity index (χ1v) is 7.91. The first-order valence-electron chi connectivity index (χ1n) is 7.16. The molecule has 0 aromatic heterocycles. The molecule has 1 fully saturated rings. The van der Waals surface area contributed by atoms with Crippen molar-refractivity contribution >= 4 is 46.4 Å². The van der Waals surface area contributed by atoms with Gasteiger partial charge >= 0.3 is 0 Å². The molecule has 1 aliphatic rings. The number of rotatable bonds is 4. The van der Waals surface area contributed by atoms with E-state index in [-0.39, 0.29) is 23.7 Å². The normalized spacial score (nSPS) is 19.0. The highest BCUT2D eigenvalue weighted by atomic mass is 35.5. The summed E-state index contributed by atoms with van der Waals surface area (Å²) < 4.78 is 0. The van der Waals surface area contributed by atoms with Gasteiger partial charge in [0.2, 0.25) is 11.8 Å². The molecule has 0 radical (unpaired) electrons. The molecule has 2 aromatic carbocycles. The van der Waals surface area contributed by atoms with Gasteiger partial charge in [-0.25, -0.2) is 0 Å². The number of anilines is 2. The van der Waals surface area contributed by atoms with Crippen LogP contribution in [0.5, 0.6) is 0 Å². The molecular formula is C17H14Cl2N2O2. The topological polar surface area (TPSA) is 58.2 Å². The molecule has 118 valence electrons. The van der Waals surface area contributed by atoms with Crippen molar-refractivity contribution in [3.63, 3.8) is 0 Å². The Morgan fingerprint density at radius 3 is 1.65 bits per heavy atom. The minimum absolute atomic E-state index is 0.168. The van der Waals surface area contributed by atoms with E-state index >= 15 is 0 Å². The van der Waals surface area contributed by atoms with Crippen LogP contribution in [-0.2, 0) is 9.59 Å². The van der Waals surface area contributed by atoms with E-state index < -0.39 is 0 Å². The fourth-order valence-electron chi connectivity index (χ4n) is 2.38. The van der Waals surface area contributed by atoms with E-state index in [0.717, 1.165) is 0 Å². The molecule has 6 heteroatoms. The quantitative estimate of drug-likeness (QED) is 0.869. The number of halogens is 2. The SMILES string of the molecule is O=C(Nc1cccc(Cl)c1)C1CC1C(=O)Nc1cccc(Cl)c1. The van der Waals surface area contributed by atoms with E-state index in [0.29, 0.717) is 27.8 Å². The van der Waals surface area contributed by atoms with Crippen molar-refractivity contribution in [1.82, 2.24) is 0 Å². The largest absolute Gasteiger partial charge is 0.326 e. The standard InChI is InChI=1S/C17H14Cl2N2O2/c18-10-3-1-5-12(7-10)20-16(22)14-9-15(14)17(23)21-13-6-2-4-11(19)8-13/h1-8,14-15H,9H2,(H,20,22)(H,21,23). The lowest BCUT2D eigenvalue weighted by molar-refractivity contribution is -0.122. The maximum Gasteiger partial charge on any atom is 0.228 e. The van der Waals surface area contributed by atoms with Crippen molar-refractivity contribution < 1.29 is 9.59 Å². The van der Waals surface area contributed by atoms with Crippen molar-refractivity contribution in [2.75, 3.05) is 10.6 Å². The Morgan fingerprint density at radius 1 is 0.826 bits per heavy atom. The fourth-order valence-corrected chi connectivity index (χ4v) is 2.76. The monoisotopic (exact) mass is 348 g/mol. The van der Waals surface area contributed by atoms with Crippen LogP contribution in [0.1, 0.15) is 6.42 Å². The van der Waals surface area contributed by atoms with Gasteiger partial charge in [-0.1, -0.05) is 35.3 Å². The molecule has 0 heterocycles. The zero-order valence-electron chi connectivity index (χ0n) is 12.1. The molecule has 2 aromatic rings. The third-order valence-electron chi connectivity index (χ3n) is 3.65. The first kappa shape index (κ1) is 15.8. The minimum atomic E-state index is -0.312. The van der Waals surface area contributed by atoms with Gasteiger partial charge in [0.15, 0.2) is 0 Å². The lowest BCUT2D eigenvalue weighted by Gasteiger charge is -2.06. The van der Waals surface area contributed by atoms with Gasteiger partial charge in [0.25, 0.3) is 0 Å². The third kappa shape index (κ3) is 4.03. The Labute approximate surface area is 143 Å². The zero-order chi connectivity index (χ0) is 16.4. The minimum Gasteiger partial charge on any atom is -0.326 e. The molecule has 2 amide bonds. The second-order valence-corrected chi connectivity index (χ2v) is 6.32. The van der Waals surface area contributed by atoms with Crippen molar-refractivity contribution in [3.8, 4) is 0 Å². The van der Waals surface area contributed by atoms with Gasteiger partial charge in [-0.2, -0.15) is 0 Å². The van der Waals surface area contributed by atoms with Crippen LogP contribution in [0.3, 0.4) is 0 Å². The molecule has 0 bridgehead atoms. The highest BCUT2D eigenvalue weighted by Gasteiger charge is 2.48. The average Bonchev–Trinajstić information content (AvgIpc) is 3.28. The summed E-state index contributed by atoms with van der Waals surface area (Å²) >= 11 is 11.8. The molecule has 3 rings (SSSR count). The molecule has 23 heavy (non-hydrogen) atoms. The Kier molecular flexibility index (Phi) is 4.55. The molecular weight excluding hydrogens is 335 g/mol. The van der Waals surface area contributed by atoms with E-state index in [4.69, 9.17) is 23.2 Å². The molecule has 2 atom stereocenters. The third-order valence-corrected chi connectivity index (χ3v) is 4.12. The van der Waals surface area contributed by atoms with Crippen molar-refractivity contribution in [2.24, 2.45) is 11.8 Å². The smallest absolute Gasteiger partial charge is 0.228 e. The second kappa shape index (κ2) is 6.60. The van der Waals surface area contributed by atoms with E-state index in [1.54, 1.807) is 48.5 Å². The summed E-state index contributed by atoms with van der Waals surface area (Å²) in [6.45, 7) is 0. The molecule has 2 unspecified atom stereocenters. The first-order chi connectivity index (χ1) is 11.0. The van der Waals surface area contributed by atoms with Gasteiger partial charge in [-0.05, 0) is 42.8 Å². The van der Waals surface area contributed by atoms with Gasteiger partial charge in [0.05, 0.1) is 11.8 Å². The average molecular weight is 349 g/mol. The summed E-state index contributed by atoms with van der Waals surface area (Å²) in [7, 11) is 0. The molecule has 0 saturated heterocycles. The number of hydrogen-bond acceptors (Lipinski definition) is 2. The second-order valence-electron chi connectivity index (χ2n) is 5.45. The molecule has 0 spiro atoms. The van der Waals surface area contributed by atoms with Crippen molar-refractivity contribution in [3.05, 3.63) is 58.6 Å². The molecule has 1 saturated carbocycles. The Bertz CT molecular complexity index is 700. The number of nitrogens with one attached hydrogen (secondary N) is 2. The summed E-state index contributed by atoms with van der Waals surface area (Å²) in [5.41, 5.74) is 1.26. The maximum atomic E-state index is 12.2. The molecule has 0 aliphatic heterocycles. The fraction of sp³-hybridized carbons (Fsp3) is 0.176. The highest BCUT2D eigenvalue weighted by molar-refractivity contribution is 6.31. The number of hydrogen-bond donors (Lipinski definition) is 2. The Morgan fingerprint density at radius 2 is 1.26 bits per heavy atom. The summed E-state index contributed by atoms with van der Waals surface area (Å²) in [5.74, 6) is -0.960. The van der Waals surface area contributed by atoms with Gasteiger partial charge in [-0.3, -0.25) is 9.59 Å². The number of carbonyl (C=O) groups excluding carboxylic acids is 2. The van der Waals surface area contributed by atoms with Crippen LogP contribution >= 0.6 is 23.2 Å². The van der Waals surface area contributed by atoms with E-state index in [1.165, 1.54) is 0 Å². The van der Waals surface area contributed by atoms with E-state index in [1.807, 2.05) is 0 Å². The van der Waals surface area contributed by atoms with E-state index in [2.05, 4.69) is 10.6 Å². The summed E-state index contributed by atoms with van der Waals surface area (Å²) in [6.07, 6.45) is 0.540. The number of benzene rings is 2. The molecule has 2 N–H and O–H groups in total. The van der Waals surface area contributed by atoms with Crippen LogP contribution in [-0.4, -0.2) is 11.8 Å². The van der Waals surface area contributed by atoms with Crippen LogP contribution in [0, 0.1) is 11.8 Å². The summed E-state index contributed by atoms with van der Waals surface area (Å²) in [6, 6.07) is 13.8. The zero-order valence-corrected chi connectivity index (χ0v) is 13.6. The Balaban J connectivity index is 1.56. The predicted octanol–water partition coefficient (Wildman–Crippen LogP) is 4.21. The van der Waals surface area contributed by atoms with Crippen molar-refractivity contribution in [2.45, 2.75) is 6.42 Å². The summed E-state index contributed by atoms with van der Waals surface area (Å²) in [4.78, 5) is 24.3. The predicted molar refractivity (Wildman–Crippen MR) is 91.8 cm³/mol. The van der Waals surface area contributed by atoms with Gasteiger partial charge in [0, 0.05) is 21.4 Å². The van der Waals surface area contributed by atoms with Gasteiger partial charge < -0.3 is 10.6 Å². The van der Waals surface area contributed by atoms with E-state index in [9.17, 15) is 9.59 Å². The Hall–Kier alpha value is -2.04. The van der Waals surface area contributed by atoms with Crippen LogP contribution < -0.4 is 10.6 Å². The number of carbonyl (C=O) groups is 2. The molecule has 4 nitrogen and oxygen atoms in total. The molecule has 1 aliphatic carbocycles. The van der Waals surface area contributed by atoms with Crippen LogP contribution in [0.4, 0.5) is 11.4 Å².